The third kappa shape index (κ3) is 6.94. The average Bonchev–Trinajstić information content (AvgIpc) is 3.76. The number of benzene rings is 2. The summed E-state index contributed by atoms with van der Waals surface area (Å²) in [6.45, 7) is 9.03. The molecule has 1 aromatic heterocycles. The van der Waals surface area contributed by atoms with E-state index in [2.05, 4.69) is 10.4 Å². The number of hydrogen-bond acceptors (Lipinski definition) is 6. The summed E-state index contributed by atoms with van der Waals surface area (Å²) >= 11 is -1.01. The van der Waals surface area contributed by atoms with Crippen molar-refractivity contribution in [3.05, 3.63) is 82.2 Å². The first-order valence-electron chi connectivity index (χ1n) is 14.3. The maximum Gasteiger partial charge on any atom is 0.269 e. The van der Waals surface area contributed by atoms with Crippen molar-refractivity contribution in [2.24, 2.45) is 7.05 Å². The Morgan fingerprint density at radius 3 is 2.46 bits per heavy atom. The quantitative estimate of drug-likeness (QED) is 0.366. The summed E-state index contributed by atoms with van der Waals surface area (Å²) < 4.78 is 22.1. The highest BCUT2D eigenvalue weighted by molar-refractivity contribution is 7.89. The molecule has 10 heteroatoms. The first-order chi connectivity index (χ1) is 19.7. The Labute approximate surface area is 245 Å². The molecule has 3 aromatic rings. The van der Waals surface area contributed by atoms with E-state index in [4.69, 9.17) is 4.74 Å². The van der Waals surface area contributed by atoms with Gasteiger partial charge in [-0.05, 0) is 74.6 Å². The van der Waals surface area contributed by atoms with Crippen LogP contribution in [-0.2, 0) is 31.6 Å². The van der Waals surface area contributed by atoms with Gasteiger partial charge in [0.15, 0.2) is 0 Å². The van der Waals surface area contributed by atoms with Crippen molar-refractivity contribution in [2.75, 3.05) is 26.2 Å². The van der Waals surface area contributed by atoms with Crippen LogP contribution in [0.15, 0.2) is 48.5 Å². The number of aromatic nitrogens is 2. The van der Waals surface area contributed by atoms with Crippen LogP contribution in [0.2, 0.25) is 0 Å². The molecule has 218 valence electrons. The molecule has 2 aromatic carbocycles. The van der Waals surface area contributed by atoms with Crippen LogP contribution in [0, 0.1) is 6.92 Å². The van der Waals surface area contributed by atoms with E-state index in [1.807, 2.05) is 85.6 Å². The van der Waals surface area contributed by atoms with Crippen molar-refractivity contribution < 1.29 is 18.9 Å². The smallest absolute Gasteiger partial charge is 0.269 e. The second-order valence-electron chi connectivity index (χ2n) is 11.1. The van der Waals surface area contributed by atoms with Crippen LogP contribution < -0.4 is 10.1 Å². The van der Waals surface area contributed by atoms with Gasteiger partial charge in [-0.3, -0.25) is 14.3 Å². The number of rotatable bonds is 10. The molecule has 1 atom stereocenters. The molecule has 5 rings (SSSR count). The molecule has 1 aliphatic carbocycles. The highest BCUT2D eigenvalue weighted by atomic mass is 32.2. The van der Waals surface area contributed by atoms with Gasteiger partial charge in [-0.1, -0.05) is 24.3 Å². The topological polar surface area (TPSA) is 103 Å². The van der Waals surface area contributed by atoms with Gasteiger partial charge >= 0.3 is 0 Å². The van der Waals surface area contributed by atoms with E-state index in [1.165, 1.54) is 0 Å². The molecule has 0 bridgehead atoms. The van der Waals surface area contributed by atoms with Crippen molar-refractivity contribution in [3.8, 4) is 5.75 Å². The lowest BCUT2D eigenvalue weighted by Gasteiger charge is -2.35. The van der Waals surface area contributed by atoms with Crippen molar-refractivity contribution in [3.63, 3.8) is 0 Å². The molecule has 0 spiro atoms. The fourth-order valence-electron chi connectivity index (χ4n) is 5.01. The number of carbonyl (C=O) groups is 2. The van der Waals surface area contributed by atoms with Gasteiger partial charge in [0.25, 0.3) is 11.8 Å². The molecule has 2 fully saturated rings. The summed E-state index contributed by atoms with van der Waals surface area (Å²) in [5, 5.41) is 7.59. The van der Waals surface area contributed by atoms with Gasteiger partial charge in [-0.2, -0.15) is 5.10 Å². The Hall–Kier alpha value is -3.34. The molecule has 1 saturated heterocycles. The summed E-state index contributed by atoms with van der Waals surface area (Å²) in [4.78, 5) is 27.6. The lowest BCUT2D eigenvalue weighted by Crippen LogP contribution is -2.51. The largest absolute Gasteiger partial charge is 0.598 e. The number of hydrogen-bond donors (Lipinski definition) is 1. The maximum absolute atomic E-state index is 13.0. The van der Waals surface area contributed by atoms with E-state index < -0.39 is 11.4 Å². The predicted octanol–water partition coefficient (Wildman–Crippen LogP) is 3.94. The molecule has 1 N–H and O–H groups in total. The SMILES string of the molecule is Cc1c(CNC(=O)c2cc(C3CC3)nn2C)cccc1OCc1ccc(C(=O)N2CCN([S+]([O-])C(C)C)CC2)cc1. The maximum atomic E-state index is 13.0. The van der Waals surface area contributed by atoms with Crippen LogP contribution in [0.5, 0.6) is 5.75 Å². The van der Waals surface area contributed by atoms with Crippen molar-refractivity contribution in [2.45, 2.75) is 57.9 Å². The number of nitrogens with one attached hydrogen (secondary N) is 1. The van der Waals surface area contributed by atoms with Crippen LogP contribution in [0.4, 0.5) is 0 Å². The first-order valence-corrected chi connectivity index (χ1v) is 15.5. The van der Waals surface area contributed by atoms with Gasteiger partial charge in [0.2, 0.25) is 0 Å². The van der Waals surface area contributed by atoms with E-state index >= 15 is 0 Å². The lowest BCUT2D eigenvalue weighted by atomic mass is 10.1. The highest BCUT2D eigenvalue weighted by Crippen LogP contribution is 2.39. The van der Waals surface area contributed by atoms with Crippen molar-refractivity contribution >= 4 is 23.2 Å². The molecule has 41 heavy (non-hydrogen) atoms. The second kappa shape index (κ2) is 12.7. The zero-order valence-corrected chi connectivity index (χ0v) is 25.1. The standard InChI is InChI=1S/C31H39N5O4S/c1-21(2)41(39)36-16-14-35(15-17-36)31(38)25-10-8-23(9-11-25)20-40-29-7-5-6-26(22(29)3)19-32-30(37)28-18-27(24-12-13-24)33-34(28)4/h5-11,18,21,24H,12-17,19-20H2,1-4H3,(H,32,37). The molecule has 2 heterocycles. The minimum atomic E-state index is -1.01. The molecule has 1 aliphatic heterocycles. The molecular formula is C31H39N5O4S. The monoisotopic (exact) mass is 577 g/mol. The summed E-state index contributed by atoms with van der Waals surface area (Å²) in [5.74, 6) is 1.11. The molecule has 1 saturated carbocycles. The number of aryl methyl sites for hydroxylation is 1. The van der Waals surface area contributed by atoms with E-state index in [9.17, 15) is 14.1 Å². The van der Waals surface area contributed by atoms with E-state index in [-0.39, 0.29) is 17.1 Å². The third-order valence-corrected chi connectivity index (χ3v) is 9.42. The van der Waals surface area contributed by atoms with Crippen LogP contribution in [0.3, 0.4) is 0 Å². The second-order valence-corrected chi connectivity index (χ2v) is 13.1. The number of carbonyl (C=O) groups excluding carboxylic acids is 2. The van der Waals surface area contributed by atoms with E-state index in [0.717, 1.165) is 41.0 Å². The normalized spacial score (nSPS) is 16.6. The number of amides is 2. The van der Waals surface area contributed by atoms with Gasteiger partial charge in [0.05, 0.1) is 18.8 Å². The molecule has 2 amide bonds. The number of ether oxygens (including phenoxy) is 1. The number of nitrogens with zero attached hydrogens (tertiary/aromatic N) is 4. The van der Waals surface area contributed by atoms with Crippen molar-refractivity contribution in [1.82, 2.24) is 24.3 Å². The van der Waals surface area contributed by atoms with Crippen LogP contribution in [-0.4, -0.2) is 66.8 Å². The fourth-order valence-corrected chi connectivity index (χ4v) is 6.13. The van der Waals surface area contributed by atoms with Gasteiger partial charge in [-0.15, -0.1) is 4.31 Å². The van der Waals surface area contributed by atoms with Gasteiger partial charge < -0.3 is 19.5 Å². The van der Waals surface area contributed by atoms with Gasteiger partial charge in [-0.25, -0.2) is 0 Å². The van der Waals surface area contributed by atoms with Crippen molar-refractivity contribution in [1.29, 1.82) is 0 Å². The lowest BCUT2D eigenvalue weighted by molar-refractivity contribution is 0.0697. The highest BCUT2D eigenvalue weighted by Gasteiger charge is 2.30. The molecular weight excluding hydrogens is 538 g/mol. The Kier molecular flexibility index (Phi) is 9.01. The Morgan fingerprint density at radius 1 is 1.10 bits per heavy atom. The zero-order valence-electron chi connectivity index (χ0n) is 24.3. The van der Waals surface area contributed by atoms with E-state index in [0.29, 0.717) is 56.5 Å². The minimum Gasteiger partial charge on any atom is -0.598 e. The summed E-state index contributed by atoms with van der Waals surface area (Å²) in [6.07, 6.45) is 2.29. The average molecular weight is 578 g/mol. The number of piperazine rings is 1. The van der Waals surface area contributed by atoms with Crippen LogP contribution in [0.25, 0.3) is 0 Å². The van der Waals surface area contributed by atoms with Crippen LogP contribution in [0.1, 0.15) is 75.8 Å². The summed E-state index contributed by atoms with van der Waals surface area (Å²) in [7, 11) is 1.81. The van der Waals surface area contributed by atoms with Crippen LogP contribution >= 0.6 is 0 Å². The minimum absolute atomic E-state index is 0.00655. The Bertz CT molecular complexity index is 1380. The Morgan fingerprint density at radius 2 is 1.80 bits per heavy atom. The molecule has 0 radical (unpaired) electrons. The summed E-state index contributed by atoms with van der Waals surface area (Å²) in [6, 6.07) is 15.3. The first kappa shape index (κ1) is 29.2. The zero-order chi connectivity index (χ0) is 29.1. The van der Waals surface area contributed by atoms with E-state index in [1.54, 1.807) is 4.68 Å². The van der Waals surface area contributed by atoms with Gasteiger partial charge in [0, 0.05) is 49.5 Å². The fraction of sp³-hybridized carbons (Fsp3) is 0.452. The van der Waals surface area contributed by atoms with Gasteiger partial charge in [0.1, 0.15) is 23.3 Å². The Balaban J connectivity index is 1.12. The molecule has 1 unspecified atom stereocenters. The third-order valence-electron chi connectivity index (χ3n) is 7.74. The summed E-state index contributed by atoms with van der Waals surface area (Å²) in [5.41, 5.74) is 5.13. The molecule has 9 nitrogen and oxygen atoms in total. The molecule has 2 aliphatic rings. The predicted molar refractivity (Wildman–Crippen MR) is 159 cm³/mol.